The van der Waals surface area contributed by atoms with E-state index in [0.717, 1.165) is 59.8 Å². The molecular weight excluding hydrogens is 412 g/mol. The molecule has 1 saturated heterocycles. The van der Waals surface area contributed by atoms with Crippen molar-refractivity contribution in [3.05, 3.63) is 71.2 Å². The Kier molecular flexibility index (Phi) is 7.14. The van der Waals surface area contributed by atoms with Gasteiger partial charge in [0.15, 0.2) is 0 Å². The number of aryl methyl sites for hydroxylation is 2. The van der Waals surface area contributed by atoms with Crippen molar-refractivity contribution in [3.63, 3.8) is 0 Å². The third-order valence-electron chi connectivity index (χ3n) is 6.74. The largest absolute Gasteiger partial charge is 0.497 e. The van der Waals surface area contributed by atoms with Crippen molar-refractivity contribution < 1.29 is 9.53 Å². The number of carbonyl (C=O) groups is 1. The van der Waals surface area contributed by atoms with Crippen molar-refractivity contribution in [3.8, 4) is 17.0 Å². The van der Waals surface area contributed by atoms with Crippen LogP contribution < -0.4 is 10.1 Å². The standard InChI is InChI=1S/C27H34N4O2/c1-18-14-21(33-4)15-19(2)22(18)16-23(28-3)27(32)31-13-9-8-12-25(31)26-29-17-24(30-26)20-10-6-5-7-11-20/h5-7,10-11,14-15,17,23,25,28H,8-9,12-13,16H2,1-4H3,(H,29,30)/t23-,25-/m0/s1. The molecule has 174 valence electrons. The van der Waals surface area contributed by atoms with E-state index in [1.54, 1.807) is 7.11 Å². The van der Waals surface area contributed by atoms with Crippen molar-refractivity contribution >= 4 is 5.91 Å². The third-order valence-corrected chi connectivity index (χ3v) is 6.74. The van der Waals surface area contributed by atoms with E-state index in [0.29, 0.717) is 6.42 Å². The first-order valence-corrected chi connectivity index (χ1v) is 11.7. The van der Waals surface area contributed by atoms with Gasteiger partial charge in [0.1, 0.15) is 11.6 Å². The molecule has 0 radical (unpaired) electrons. The molecule has 1 aromatic heterocycles. The third kappa shape index (κ3) is 4.96. The van der Waals surface area contributed by atoms with Crippen molar-refractivity contribution in [1.29, 1.82) is 0 Å². The number of carbonyl (C=O) groups excluding carboxylic acids is 1. The quantitative estimate of drug-likeness (QED) is 0.557. The molecule has 2 heterocycles. The summed E-state index contributed by atoms with van der Waals surface area (Å²) in [7, 11) is 3.55. The molecule has 0 aliphatic carbocycles. The fourth-order valence-corrected chi connectivity index (χ4v) is 4.86. The molecule has 2 atom stereocenters. The molecular formula is C27H34N4O2. The zero-order valence-electron chi connectivity index (χ0n) is 20.0. The highest BCUT2D eigenvalue weighted by Gasteiger charge is 2.34. The summed E-state index contributed by atoms with van der Waals surface area (Å²) in [5.74, 6) is 1.85. The lowest BCUT2D eigenvalue weighted by Crippen LogP contribution is -2.49. The first-order chi connectivity index (χ1) is 16.0. The number of benzene rings is 2. The SMILES string of the molecule is CN[C@@H](Cc1c(C)cc(OC)cc1C)C(=O)N1CCCC[C@H]1c1ncc(-c2ccccc2)[nH]1. The van der Waals surface area contributed by atoms with Crippen molar-refractivity contribution in [2.75, 3.05) is 20.7 Å². The minimum Gasteiger partial charge on any atom is -0.497 e. The number of likely N-dealkylation sites (tertiary alicyclic amines) is 1. The van der Waals surface area contributed by atoms with Gasteiger partial charge in [0.05, 0.1) is 31.1 Å². The minimum atomic E-state index is -0.292. The Labute approximate surface area is 196 Å². The van der Waals surface area contributed by atoms with E-state index in [-0.39, 0.29) is 18.0 Å². The van der Waals surface area contributed by atoms with E-state index in [4.69, 9.17) is 4.74 Å². The van der Waals surface area contributed by atoms with Gasteiger partial charge in [0.25, 0.3) is 0 Å². The minimum absolute atomic E-state index is 0.0300. The van der Waals surface area contributed by atoms with Crippen molar-refractivity contribution in [1.82, 2.24) is 20.2 Å². The second-order valence-corrected chi connectivity index (χ2v) is 8.88. The van der Waals surface area contributed by atoms with Crippen LogP contribution >= 0.6 is 0 Å². The first kappa shape index (κ1) is 23.1. The van der Waals surface area contributed by atoms with Crippen LogP contribution in [-0.4, -0.2) is 47.5 Å². The van der Waals surface area contributed by atoms with Gasteiger partial charge in [-0.2, -0.15) is 0 Å². The van der Waals surface area contributed by atoms with Crippen LogP contribution in [0.1, 0.15) is 47.8 Å². The number of nitrogens with one attached hydrogen (secondary N) is 2. The molecule has 0 spiro atoms. The molecule has 1 fully saturated rings. The van der Waals surface area contributed by atoms with E-state index < -0.39 is 0 Å². The van der Waals surface area contributed by atoms with Crippen LogP contribution in [-0.2, 0) is 11.2 Å². The van der Waals surface area contributed by atoms with Crippen LogP contribution in [0.15, 0.2) is 48.7 Å². The summed E-state index contributed by atoms with van der Waals surface area (Å²) in [5.41, 5.74) is 5.57. The maximum absolute atomic E-state index is 13.7. The lowest BCUT2D eigenvalue weighted by Gasteiger charge is -2.37. The highest BCUT2D eigenvalue weighted by atomic mass is 16.5. The second kappa shape index (κ2) is 10.2. The van der Waals surface area contributed by atoms with Gasteiger partial charge in [-0.05, 0) is 81.0 Å². The molecule has 3 aromatic rings. The fraction of sp³-hybridized carbons (Fsp3) is 0.407. The first-order valence-electron chi connectivity index (χ1n) is 11.7. The number of amides is 1. The highest BCUT2D eigenvalue weighted by Crippen LogP contribution is 2.32. The van der Waals surface area contributed by atoms with Gasteiger partial charge in [-0.25, -0.2) is 4.98 Å². The Balaban J connectivity index is 1.56. The summed E-state index contributed by atoms with van der Waals surface area (Å²) in [6.45, 7) is 4.92. The number of methoxy groups -OCH3 is 1. The highest BCUT2D eigenvalue weighted by molar-refractivity contribution is 5.83. The van der Waals surface area contributed by atoms with Gasteiger partial charge >= 0.3 is 0 Å². The molecule has 0 unspecified atom stereocenters. The predicted molar refractivity (Wildman–Crippen MR) is 131 cm³/mol. The zero-order valence-corrected chi connectivity index (χ0v) is 20.0. The number of aromatic amines is 1. The van der Waals surface area contributed by atoms with E-state index in [1.807, 2.05) is 48.5 Å². The number of H-pyrrole nitrogens is 1. The summed E-state index contributed by atoms with van der Waals surface area (Å²) in [6.07, 6.45) is 5.56. The molecule has 2 aromatic carbocycles. The second-order valence-electron chi connectivity index (χ2n) is 8.88. The number of ether oxygens (including phenoxy) is 1. The van der Waals surface area contributed by atoms with Crippen LogP contribution in [0.5, 0.6) is 5.75 Å². The Morgan fingerprint density at radius 1 is 1.21 bits per heavy atom. The van der Waals surface area contributed by atoms with E-state index in [9.17, 15) is 4.79 Å². The predicted octanol–water partition coefficient (Wildman–Crippen LogP) is 4.59. The summed E-state index contributed by atoms with van der Waals surface area (Å²) >= 11 is 0. The topological polar surface area (TPSA) is 70.2 Å². The van der Waals surface area contributed by atoms with Crippen molar-refractivity contribution in [2.45, 2.75) is 51.6 Å². The maximum atomic E-state index is 13.7. The summed E-state index contributed by atoms with van der Waals surface area (Å²) < 4.78 is 5.40. The van der Waals surface area contributed by atoms with Gasteiger partial charge in [-0.15, -0.1) is 0 Å². The average molecular weight is 447 g/mol. The summed E-state index contributed by atoms with van der Waals surface area (Å²) in [4.78, 5) is 23.9. The van der Waals surface area contributed by atoms with Crippen LogP contribution in [0, 0.1) is 13.8 Å². The van der Waals surface area contributed by atoms with Crippen molar-refractivity contribution in [2.24, 2.45) is 0 Å². The lowest BCUT2D eigenvalue weighted by molar-refractivity contribution is -0.137. The smallest absolute Gasteiger partial charge is 0.240 e. The normalized spacial score (nSPS) is 17.1. The van der Waals surface area contributed by atoms with Crippen LogP contribution in [0.4, 0.5) is 0 Å². The molecule has 2 N–H and O–H groups in total. The molecule has 0 bridgehead atoms. The number of imidazole rings is 1. The molecule has 1 amide bonds. The van der Waals surface area contributed by atoms with Gasteiger partial charge in [0.2, 0.25) is 5.91 Å². The zero-order chi connectivity index (χ0) is 23.4. The number of hydrogen-bond donors (Lipinski definition) is 2. The van der Waals surface area contributed by atoms with Gasteiger partial charge in [-0.3, -0.25) is 4.79 Å². The summed E-state index contributed by atoms with van der Waals surface area (Å²) in [6, 6.07) is 13.9. The molecule has 1 aliphatic heterocycles. The van der Waals surface area contributed by atoms with E-state index >= 15 is 0 Å². The number of rotatable bonds is 7. The fourth-order valence-electron chi connectivity index (χ4n) is 4.86. The number of piperidine rings is 1. The molecule has 33 heavy (non-hydrogen) atoms. The average Bonchev–Trinajstić information content (AvgIpc) is 3.34. The molecule has 6 nitrogen and oxygen atoms in total. The molecule has 6 heteroatoms. The number of likely N-dealkylation sites (N-methyl/N-ethyl adjacent to an activating group) is 1. The van der Waals surface area contributed by atoms with Crippen LogP contribution in [0.3, 0.4) is 0 Å². The Hall–Kier alpha value is -3.12. The monoisotopic (exact) mass is 446 g/mol. The lowest BCUT2D eigenvalue weighted by atomic mass is 9.94. The van der Waals surface area contributed by atoms with Gasteiger partial charge < -0.3 is 19.9 Å². The van der Waals surface area contributed by atoms with E-state index in [2.05, 4.69) is 41.3 Å². The number of hydrogen-bond acceptors (Lipinski definition) is 4. The maximum Gasteiger partial charge on any atom is 0.240 e. The molecule has 4 rings (SSSR count). The molecule has 1 aliphatic rings. The summed E-state index contributed by atoms with van der Waals surface area (Å²) in [5, 5.41) is 3.28. The number of aromatic nitrogens is 2. The Morgan fingerprint density at radius 3 is 2.61 bits per heavy atom. The Morgan fingerprint density at radius 2 is 1.94 bits per heavy atom. The number of nitrogens with zero attached hydrogens (tertiary/aromatic N) is 2. The van der Waals surface area contributed by atoms with Crippen LogP contribution in [0.25, 0.3) is 11.3 Å². The van der Waals surface area contributed by atoms with Crippen LogP contribution in [0.2, 0.25) is 0 Å². The van der Waals surface area contributed by atoms with Gasteiger partial charge in [0, 0.05) is 6.54 Å². The Bertz CT molecular complexity index is 1070. The van der Waals surface area contributed by atoms with E-state index in [1.165, 1.54) is 5.56 Å². The molecule has 0 saturated carbocycles. The van der Waals surface area contributed by atoms with Gasteiger partial charge in [-0.1, -0.05) is 30.3 Å².